The van der Waals surface area contributed by atoms with Gasteiger partial charge < -0.3 is 0 Å². The van der Waals surface area contributed by atoms with Crippen molar-refractivity contribution in [3.05, 3.63) is 29.3 Å². The Hall–Kier alpha value is -0.490. The van der Waals surface area contributed by atoms with Crippen molar-refractivity contribution in [3.8, 4) is 0 Å². The molecular weight excluding hydrogens is 317 g/mol. The quantitative estimate of drug-likeness (QED) is 0.463. The fraction of sp³-hybridized carbons (Fsp3) is 0.364. The molecule has 6 heteroatoms. The van der Waals surface area contributed by atoms with Gasteiger partial charge in [-0.2, -0.15) is 13.2 Å². The average molecular weight is 327 g/mol. The van der Waals surface area contributed by atoms with Crippen LogP contribution in [0.2, 0.25) is 0 Å². The van der Waals surface area contributed by atoms with E-state index in [2.05, 4.69) is 15.9 Å². The molecule has 0 radical (unpaired) electrons. The average Bonchev–Trinajstić information content (AvgIpc) is 2.27. The maximum Gasteiger partial charge on any atom is 0.416 e. The molecule has 0 aliphatic heterocycles. The summed E-state index contributed by atoms with van der Waals surface area (Å²) in [7, 11) is 0. The molecule has 0 heterocycles. The van der Waals surface area contributed by atoms with E-state index in [9.17, 15) is 18.0 Å². The second-order valence-electron chi connectivity index (χ2n) is 3.27. The number of Topliss-reactive ketones (excluding diaryl/α,β-unsaturated/α-hetero) is 1. The van der Waals surface area contributed by atoms with Crippen LogP contribution in [0.5, 0.6) is 0 Å². The van der Waals surface area contributed by atoms with Gasteiger partial charge in [-0.25, -0.2) is 0 Å². The fourth-order valence-corrected chi connectivity index (χ4v) is 2.33. The van der Waals surface area contributed by atoms with Crippen LogP contribution < -0.4 is 0 Å². The van der Waals surface area contributed by atoms with E-state index in [4.69, 9.17) is 0 Å². The van der Waals surface area contributed by atoms with Crippen molar-refractivity contribution >= 4 is 33.5 Å². The summed E-state index contributed by atoms with van der Waals surface area (Å²) in [6.07, 6.45) is -2.44. The SMILES string of the molecule is CSc1cc(C(F)(F)F)ccc1C(=O)CCBr. The van der Waals surface area contributed by atoms with E-state index in [1.807, 2.05) is 0 Å². The second-order valence-corrected chi connectivity index (χ2v) is 4.92. The van der Waals surface area contributed by atoms with Crippen LogP contribution >= 0.6 is 27.7 Å². The molecule has 1 rings (SSSR count). The molecule has 0 unspecified atom stereocenters. The molecule has 94 valence electrons. The topological polar surface area (TPSA) is 17.1 Å². The molecule has 0 atom stereocenters. The lowest BCUT2D eigenvalue weighted by Crippen LogP contribution is -2.08. The van der Waals surface area contributed by atoms with Crippen LogP contribution in [0.4, 0.5) is 13.2 Å². The Labute approximate surface area is 110 Å². The Morgan fingerprint density at radius 3 is 2.53 bits per heavy atom. The Kier molecular flexibility index (Phi) is 5.06. The van der Waals surface area contributed by atoms with Crippen LogP contribution in [0.3, 0.4) is 0 Å². The third-order valence-electron chi connectivity index (χ3n) is 2.15. The number of rotatable bonds is 4. The van der Waals surface area contributed by atoms with Gasteiger partial charge in [0.05, 0.1) is 5.56 Å². The third kappa shape index (κ3) is 3.74. The molecule has 0 bridgehead atoms. The van der Waals surface area contributed by atoms with Gasteiger partial charge in [0, 0.05) is 22.2 Å². The fourth-order valence-electron chi connectivity index (χ4n) is 1.32. The van der Waals surface area contributed by atoms with Crippen LogP contribution in [-0.4, -0.2) is 17.4 Å². The number of carbonyl (C=O) groups is 1. The van der Waals surface area contributed by atoms with Crippen LogP contribution in [0.25, 0.3) is 0 Å². The molecule has 1 nitrogen and oxygen atoms in total. The number of alkyl halides is 4. The summed E-state index contributed by atoms with van der Waals surface area (Å²) in [5.74, 6) is -0.153. The minimum absolute atomic E-state index is 0.153. The number of ketones is 1. The summed E-state index contributed by atoms with van der Waals surface area (Å²) >= 11 is 4.28. The Morgan fingerprint density at radius 1 is 1.41 bits per heavy atom. The molecule has 0 spiro atoms. The molecule has 0 aliphatic carbocycles. The van der Waals surface area contributed by atoms with Crippen LogP contribution in [-0.2, 0) is 6.18 Å². The van der Waals surface area contributed by atoms with Gasteiger partial charge in [0.2, 0.25) is 0 Å². The molecule has 0 saturated carbocycles. The molecule has 0 fully saturated rings. The smallest absolute Gasteiger partial charge is 0.294 e. The van der Waals surface area contributed by atoms with Crippen molar-refractivity contribution in [1.82, 2.24) is 0 Å². The van der Waals surface area contributed by atoms with Crippen molar-refractivity contribution < 1.29 is 18.0 Å². The minimum atomic E-state index is -4.37. The number of halogens is 4. The van der Waals surface area contributed by atoms with Gasteiger partial charge in [-0.15, -0.1) is 11.8 Å². The summed E-state index contributed by atoms with van der Waals surface area (Å²) < 4.78 is 37.5. The van der Waals surface area contributed by atoms with E-state index in [0.717, 1.165) is 23.9 Å². The van der Waals surface area contributed by atoms with Crippen LogP contribution in [0.15, 0.2) is 23.1 Å². The molecule has 0 saturated heterocycles. The first kappa shape index (κ1) is 14.6. The zero-order chi connectivity index (χ0) is 13.1. The molecule has 0 N–H and O–H groups in total. The number of thioether (sulfide) groups is 1. The molecule has 17 heavy (non-hydrogen) atoms. The zero-order valence-electron chi connectivity index (χ0n) is 8.97. The lowest BCUT2D eigenvalue weighted by molar-refractivity contribution is -0.137. The maximum absolute atomic E-state index is 12.5. The standard InChI is InChI=1S/C11H10BrF3OS/c1-17-10-6-7(11(13,14)15)2-3-8(10)9(16)4-5-12/h2-3,6H,4-5H2,1H3. The summed E-state index contributed by atoms with van der Waals surface area (Å²) in [6.45, 7) is 0. The van der Waals surface area contributed by atoms with Crippen molar-refractivity contribution in [2.75, 3.05) is 11.6 Å². The molecule has 0 amide bonds. The Bertz CT molecular complexity index is 418. The minimum Gasteiger partial charge on any atom is -0.294 e. The Morgan fingerprint density at radius 2 is 2.06 bits per heavy atom. The van der Waals surface area contributed by atoms with E-state index in [0.29, 0.717) is 15.8 Å². The van der Waals surface area contributed by atoms with Crippen LogP contribution in [0.1, 0.15) is 22.3 Å². The van der Waals surface area contributed by atoms with Gasteiger partial charge >= 0.3 is 6.18 Å². The summed E-state index contributed by atoms with van der Waals surface area (Å²) in [5.41, 5.74) is -0.373. The normalized spacial score (nSPS) is 11.6. The predicted molar refractivity (Wildman–Crippen MR) is 66.0 cm³/mol. The second kappa shape index (κ2) is 5.91. The number of benzene rings is 1. The molecule has 1 aromatic carbocycles. The van der Waals surface area contributed by atoms with Crippen molar-refractivity contribution in [2.24, 2.45) is 0 Å². The molecule has 0 aliphatic rings. The summed E-state index contributed by atoms with van der Waals surface area (Å²) in [4.78, 5) is 12.0. The highest BCUT2D eigenvalue weighted by Gasteiger charge is 2.31. The van der Waals surface area contributed by atoms with Gasteiger partial charge in [0.1, 0.15) is 0 Å². The number of carbonyl (C=O) groups excluding carboxylic acids is 1. The van der Waals surface area contributed by atoms with E-state index >= 15 is 0 Å². The highest BCUT2D eigenvalue weighted by atomic mass is 79.9. The zero-order valence-corrected chi connectivity index (χ0v) is 11.4. The molecule has 0 aromatic heterocycles. The molecular formula is C11H10BrF3OS. The highest BCUT2D eigenvalue weighted by molar-refractivity contribution is 9.09. The molecule has 1 aromatic rings. The maximum atomic E-state index is 12.5. The van der Waals surface area contributed by atoms with Gasteiger partial charge in [-0.05, 0) is 24.5 Å². The Balaban J connectivity index is 3.14. The summed E-state index contributed by atoms with van der Waals surface area (Å²) in [5, 5.41) is 0.501. The summed E-state index contributed by atoms with van der Waals surface area (Å²) in [6, 6.07) is 3.22. The highest BCUT2D eigenvalue weighted by Crippen LogP contribution is 2.33. The van der Waals surface area contributed by atoms with Crippen molar-refractivity contribution in [2.45, 2.75) is 17.5 Å². The predicted octanol–water partition coefficient (Wildman–Crippen LogP) is 4.40. The lowest BCUT2D eigenvalue weighted by atomic mass is 10.1. The van der Waals surface area contributed by atoms with Crippen LogP contribution in [0, 0.1) is 0 Å². The first-order valence-electron chi connectivity index (χ1n) is 4.74. The van der Waals surface area contributed by atoms with Crippen molar-refractivity contribution in [3.63, 3.8) is 0 Å². The van der Waals surface area contributed by atoms with Crippen molar-refractivity contribution in [1.29, 1.82) is 0 Å². The van der Waals surface area contributed by atoms with E-state index in [1.165, 1.54) is 6.07 Å². The number of hydrogen-bond donors (Lipinski definition) is 0. The lowest BCUT2D eigenvalue weighted by Gasteiger charge is -2.11. The van der Waals surface area contributed by atoms with E-state index < -0.39 is 11.7 Å². The first-order chi connectivity index (χ1) is 7.90. The largest absolute Gasteiger partial charge is 0.416 e. The third-order valence-corrected chi connectivity index (χ3v) is 3.32. The van der Waals surface area contributed by atoms with E-state index in [1.54, 1.807) is 6.26 Å². The number of hydrogen-bond acceptors (Lipinski definition) is 2. The van der Waals surface area contributed by atoms with Gasteiger partial charge in [-0.3, -0.25) is 4.79 Å². The van der Waals surface area contributed by atoms with Gasteiger partial charge in [-0.1, -0.05) is 15.9 Å². The van der Waals surface area contributed by atoms with Gasteiger partial charge in [0.15, 0.2) is 5.78 Å². The first-order valence-corrected chi connectivity index (χ1v) is 7.09. The van der Waals surface area contributed by atoms with E-state index in [-0.39, 0.29) is 12.2 Å². The van der Waals surface area contributed by atoms with Gasteiger partial charge in [0.25, 0.3) is 0 Å². The monoisotopic (exact) mass is 326 g/mol.